The molecule has 1 aromatic heterocycles. The van der Waals surface area contributed by atoms with Gasteiger partial charge in [-0.05, 0) is 50.0 Å². The highest BCUT2D eigenvalue weighted by Gasteiger charge is 2.31. The van der Waals surface area contributed by atoms with E-state index in [2.05, 4.69) is 34.4 Å². The molecule has 2 heterocycles. The summed E-state index contributed by atoms with van der Waals surface area (Å²) >= 11 is 0. The maximum atomic E-state index is 12.4. The Labute approximate surface area is 148 Å². The van der Waals surface area contributed by atoms with Gasteiger partial charge in [0.15, 0.2) is 5.82 Å². The molecule has 1 aliphatic rings. The van der Waals surface area contributed by atoms with Gasteiger partial charge >= 0.3 is 0 Å². The number of hydrogen-bond donors (Lipinski definition) is 1. The van der Waals surface area contributed by atoms with Gasteiger partial charge in [0, 0.05) is 32.0 Å². The number of piperidine rings is 1. The van der Waals surface area contributed by atoms with Crippen LogP contribution in [0.1, 0.15) is 35.1 Å². The maximum Gasteiger partial charge on any atom is 0.287 e. The van der Waals surface area contributed by atoms with Crippen molar-refractivity contribution in [1.82, 2.24) is 19.8 Å². The van der Waals surface area contributed by atoms with Crippen LogP contribution in [0.3, 0.4) is 0 Å². The normalized spacial score (nSPS) is 21.1. The third kappa shape index (κ3) is 3.85. The molecule has 134 valence electrons. The minimum Gasteiger partial charge on any atom is -0.497 e. The van der Waals surface area contributed by atoms with Crippen molar-refractivity contribution in [2.75, 3.05) is 27.2 Å². The van der Waals surface area contributed by atoms with E-state index in [1.165, 1.54) is 5.56 Å². The molecular formula is C19H26N4O2. The monoisotopic (exact) mass is 342 g/mol. The van der Waals surface area contributed by atoms with Crippen LogP contribution < -0.4 is 10.1 Å². The number of hydrogen-bond acceptors (Lipinski definition) is 4. The lowest BCUT2D eigenvalue weighted by atomic mass is 9.85. The standard InChI is InChI=1S/C19H26N4O2/c1-22-11-4-5-15(13-21-19(24)18-20-10-12-23(18)2)17(22)14-6-8-16(25-3)9-7-14/h6-10,12,15,17H,4-5,11,13H2,1-3H3,(H,21,24). The van der Waals surface area contributed by atoms with Crippen molar-refractivity contribution in [2.45, 2.75) is 18.9 Å². The van der Waals surface area contributed by atoms with Crippen molar-refractivity contribution >= 4 is 5.91 Å². The first-order valence-corrected chi connectivity index (χ1v) is 8.70. The Morgan fingerprint density at radius 2 is 2.08 bits per heavy atom. The summed E-state index contributed by atoms with van der Waals surface area (Å²) in [6.07, 6.45) is 5.67. The van der Waals surface area contributed by atoms with E-state index >= 15 is 0 Å². The molecule has 2 atom stereocenters. The second kappa shape index (κ2) is 7.70. The number of imidazole rings is 1. The molecule has 3 rings (SSSR count). The van der Waals surface area contributed by atoms with Crippen molar-refractivity contribution < 1.29 is 9.53 Å². The Kier molecular flexibility index (Phi) is 5.38. The van der Waals surface area contributed by atoms with Gasteiger partial charge in [0.05, 0.1) is 7.11 Å². The van der Waals surface area contributed by atoms with E-state index in [1.807, 2.05) is 19.2 Å². The van der Waals surface area contributed by atoms with Gasteiger partial charge in [0.1, 0.15) is 5.75 Å². The number of likely N-dealkylation sites (tertiary alicyclic amines) is 1. The number of amides is 1. The predicted molar refractivity (Wildman–Crippen MR) is 96.6 cm³/mol. The quantitative estimate of drug-likeness (QED) is 0.905. The molecule has 1 aliphatic heterocycles. The van der Waals surface area contributed by atoms with Gasteiger partial charge in [-0.1, -0.05) is 12.1 Å². The fourth-order valence-electron chi connectivity index (χ4n) is 3.69. The average molecular weight is 342 g/mol. The van der Waals surface area contributed by atoms with Crippen LogP contribution in [0.2, 0.25) is 0 Å². The van der Waals surface area contributed by atoms with Gasteiger partial charge in [-0.2, -0.15) is 0 Å². The molecule has 1 fully saturated rings. The number of methoxy groups -OCH3 is 1. The first-order chi connectivity index (χ1) is 12.1. The van der Waals surface area contributed by atoms with E-state index < -0.39 is 0 Å². The third-order valence-corrected chi connectivity index (χ3v) is 5.01. The second-order valence-electron chi connectivity index (χ2n) is 6.67. The lowest BCUT2D eigenvalue weighted by Crippen LogP contribution is -2.42. The fraction of sp³-hybridized carbons (Fsp3) is 0.474. The second-order valence-corrected chi connectivity index (χ2v) is 6.67. The van der Waals surface area contributed by atoms with E-state index in [0.29, 0.717) is 24.3 Å². The number of benzene rings is 1. The van der Waals surface area contributed by atoms with Crippen LogP contribution in [0.25, 0.3) is 0 Å². The van der Waals surface area contributed by atoms with Crippen LogP contribution in [0.5, 0.6) is 5.75 Å². The molecule has 0 radical (unpaired) electrons. The van der Waals surface area contributed by atoms with Gasteiger partial charge < -0.3 is 14.6 Å². The number of carbonyl (C=O) groups is 1. The minimum atomic E-state index is -0.116. The van der Waals surface area contributed by atoms with E-state index in [4.69, 9.17) is 4.74 Å². The van der Waals surface area contributed by atoms with E-state index in [-0.39, 0.29) is 5.91 Å². The number of aryl methyl sites for hydroxylation is 1. The Bertz CT molecular complexity index is 710. The number of carbonyl (C=O) groups excluding carboxylic acids is 1. The zero-order valence-corrected chi connectivity index (χ0v) is 15.1. The highest BCUT2D eigenvalue weighted by Crippen LogP contribution is 2.35. The fourth-order valence-corrected chi connectivity index (χ4v) is 3.69. The van der Waals surface area contributed by atoms with E-state index in [0.717, 1.165) is 25.1 Å². The highest BCUT2D eigenvalue weighted by molar-refractivity contribution is 5.90. The van der Waals surface area contributed by atoms with Gasteiger partial charge in [-0.3, -0.25) is 9.69 Å². The largest absolute Gasteiger partial charge is 0.497 e. The molecule has 2 aromatic rings. The van der Waals surface area contributed by atoms with Gasteiger partial charge in [-0.15, -0.1) is 0 Å². The van der Waals surface area contributed by atoms with Crippen LogP contribution in [-0.4, -0.2) is 47.6 Å². The molecule has 0 spiro atoms. The highest BCUT2D eigenvalue weighted by atomic mass is 16.5. The number of nitrogens with zero attached hydrogens (tertiary/aromatic N) is 3. The number of aromatic nitrogens is 2. The van der Waals surface area contributed by atoms with Gasteiger partial charge in [0.2, 0.25) is 0 Å². The first-order valence-electron chi connectivity index (χ1n) is 8.70. The summed E-state index contributed by atoms with van der Waals surface area (Å²) in [5.41, 5.74) is 1.26. The molecule has 1 amide bonds. The van der Waals surface area contributed by atoms with Crippen LogP contribution in [0.15, 0.2) is 36.7 Å². The van der Waals surface area contributed by atoms with Crippen LogP contribution in [0, 0.1) is 5.92 Å². The molecule has 1 N–H and O–H groups in total. The van der Waals surface area contributed by atoms with E-state index in [1.54, 1.807) is 24.1 Å². The molecular weight excluding hydrogens is 316 g/mol. The smallest absolute Gasteiger partial charge is 0.287 e. The summed E-state index contributed by atoms with van der Waals surface area (Å²) in [6.45, 7) is 1.72. The lowest BCUT2D eigenvalue weighted by molar-refractivity contribution is 0.0879. The summed E-state index contributed by atoms with van der Waals surface area (Å²) < 4.78 is 7.00. The van der Waals surface area contributed by atoms with Crippen molar-refractivity contribution in [2.24, 2.45) is 13.0 Å². The third-order valence-electron chi connectivity index (χ3n) is 5.01. The molecule has 2 unspecified atom stereocenters. The molecule has 0 aliphatic carbocycles. The lowest BCUT2D eigenvalue weighted by Gasteiger charge is -2.39. The molecule has 25 heavy (non-hydrogen) atoms. The Balaban J connectivity index is 1.71. The topological polar surface area (TPSA) is 59.4 Å². The molecule has 6 heteroatoms. The zero-order chi connectivity index (χ0) is 17.8. The maximum absolute atomic E-state index is 12.4. The Hall–Kier alpha value is -2.34. The van der Waals surface area contributed by atoms with Crippen molar-refractivity contribution in [3.63, 3.8) is 0 Å². The SMILES string of the molecule is COc1ccc(C2C(CNC(=O)c3nccn3C)CCCN2C)cc1. The van der Waals surface area contributed by atoms with Gasteiger partial charge in [0.25, 0.3) is 5.91 Å². The van der Waals surface area contributed by atoms with Crippen LogP contribution in [0.4, 0.5) is 0 Å². The Morgan fingerprint density at radius 1 is 1.32 bits per heavy atom. The number of ether oxygens (including phenoxy) is 1. The predicted octanol–water partition coefficient (Wildman–Crippen LogP) is 2.24. The minimum absolute atomic E-state index is 0.116. The molecule has 1 saturated heterocycles. The summed E-state index contributed by atoms with van der Waals surface area (Å²) in [4.78, 5) is 18.8. The summed E-state index contributed by atoms with van der Waals surface area (Å²) in [6, 6.07) is 8.54. The van der Waals surface area contributed by atoms with Crippen LogP contribution >= 0.6 is 0 Å². The number of nitrogens with one attached hydrogen (secondary N) is 1. The van der Waals surface area contributed by atoms with Gasteiger partial charge in [-0.25, -0.2) is 4.98 Å². The first kappa shape index (κ1) is 17.5. The summed E-state index contributed by atoms with van der Waals surface area (Å²) in [5.74, 6) is 1.57. The molecule has 6 nitrogen and oxygen atoms in total. The molecule has 0 bridgehead atoms. The van der Waals surface area contributed by atoms with Crippen molar-refractivity contribution in [3.8, 4) is 5.75 Å². The molecule has 0 saturated carbocycles. The summed E-state index contributed by atoms with van der Waals surface area (Å²) in [7, 11) is 5.66. The summed E-state index contributed by atoms with van der Waals surface area (Å²) in [5, 5.41) is 3.06. The van der Waals surface area contributed by atoms with Crippen LogP contribution in [-0.2, 0) is 7.05 Å². The van der Waals surface area contributed by atoms with Crippen molar-refractivity contribution in [1.29, 1.82) is 0 Å². The van der Waals surface area contributed by atoms with E-state index in [9.17, 15) is 4.79 Å². The van der Waals surface area contributed by atoms with Crippen molar-refractivity contribution in [3.05, 3.63) is 48.0 Å². The average Bonchev–Trinajstić information content (AvgIpc) is 3.06. The molecule has 1 aromatic carbocycles. The number of rotatable bonds is 5. The Morgan fingerprint density at radius 3 is 2.72 bits per heavy atom. The zero-order valence-electron chi connectivity index (χ0n) is 15.1.